The van der Waals surface area contributed by atoms with Crippen molar-refractivity contribution in [3.63, 3.8) is 0 Å². The second kappa shape index (κ2) is 6.73. The van der Waals surface area contributed by atoms with Gasteiger partial charge >= 0.3 is 5.69 Å². The summed E-state index contributed by atoms with van der Waals surface area (Å²) in [7, 11) is 3.12. The van der Waals surface area contributed by atoms with E-state index in [1.807, 2.05) is 10.6 Å². The molecular formula is C18H19Cl2N5O2. The summed E-state index contributed by atoms with van der Waals surface area (Å²) in [6.07, 6.45) is 2.15. The number of aromatic nitrogens is 4. The van der Waals surface area contributed by atoms with Gasteiger partial charge in [-0.15, -0.1) is 0 Å². The number of fused-ring (bicyclic) bond motifs is 1. The van der Waals surface area contributed by atoms with Gasteiger partial charge in [-0.2, -0.15) is 4.98 Å². The van der Waals surface area contributed by atoms with E-state index in [1.165, 1.54) is 11.6 Å². The fourth-order valence-electron chi connectivity index (χ4n) is 3.56. The van der Waals surface area contributed by atoms with Crippen LogP contribution in [0, 0.1) is 0 Å². The number of nitrogens with zero attached hydrogens (tertiary/aromatic N) is 5. The number of imidazole rings is 1. The maximum absolute atomic E-state index is 12.9. The third-order valence-corrected chi connectivity index (χ3v) is 5.78. The van der Waals surface area contributed by atoms with Gasteiger partial charge in [0.15, 0.2) is 11.2 Å². The van der Waals surface area contributed by atoms with E-state index in [2.05, 4.69) is 9.88 Å². The lowest BCUT2D eigenvalue weighted by Crippen LogP contribution is -2.37. The standard InChI is InChI=1S/C18H19Cl2N5O2/c1-22-15-14(16(26)23(2)18(22)27)25(17(21-15)24-7-3-4-8-24)10-11-5-6-12(19)13(20)9-11/h5-6,9H,3-4,7-8,10H2,1-2H3. The molecule has 0 aliphatic carbocycles. The van der Waals surface area contributed by atoms with Gasteiger partial charge in [0.2, 0.25) is 5.95 Å². The topological polar surface area (TPSA) is 65.1 Å². The van der Waals surface area contributed by atoms with Crippen molar-refractivity contribution in [3.8, 4) is 0 Å². The van der Waals surface area contributed by atoms with Crippen LogP contribution in [0.3, 0.4) is 0 Å². The molecule has 0 saturated carbocycles. The van der Waals surface area contributed by atoms with Crippen LogP contribution in [0.15, 0.2) is 27.8 Å². The lowest BCUT2D eigenvalue weighted by molar-refractivity contribution is 0.701. The first-order chi connectivity index (χ1) is 12.9. The number of rotatable bonds is 3. The van der Waals surface area contributed by atoms with Crippen molar-refractivity contribution in [2.75, 3.05) is 18.0 Å². The Bertz CT molecular complexity index is 1160. The first-order valence-electron chi connectivity index (χ1n) is 8.73. The zero-order valence-corrected chi connectivity index (χ0v) is 16.6. The molecule has 1 aromatic carbocycles. The number of benzene rings is 1. The van der Waals surface area contributed by atoms with Crippen molar-refractivity contribution < 1.29 is 0 Å². The normalized spacial score (nSPS) is 14.4. The molecule has 1 saturated heterocycles. The third-order valence-electron chi connectivity index (χ3n) is 5.04. The third kappa shape index (κ3) is 2.95. The minimum absolute atomic E-state index is 0.355. The average molecular weight is 408 g/mol. The monoisotopic (exact) mass is 407 g/mol. The molecule has 7 nitrogen and oxygen atoms in total. The molecule has 0 N–H and O–H groups in total. The molecule has 4 rings (SSSR count). The second-order valence-electron chi connectivity index (χ2n) is 6.82. The second-order valence-corrected chi connectivity index (χ2v) is 7.63. The highest BCUT2D eigenvalue weighted by molar-refractivity contribution is 6.42. The number of anilines is 1. The molecule has 9 heteroatoms. The zero-order valence-electron chi connectivity index (χ0n) is 15.1. The van der Waals surface area contributed by atoms with E-state index in [-0.39, 0.29) is 11.2 Å². The van der Waals surface area contributed by atoms with Crippen molar-refractivity contribution in [1.29, 1.82) is 0 Å². The summed E-state index contributed by atoms with van der Waals surface area (Å²) in [5.74, 6) is 0.701. The summed E-state index contributed by atoms with van der Waals surface area (Å²) in [6, 6.07) is 5.40. The molecule has 1 fully saturated rings. The molecular weight excluding hydrogens is 389 g/mol. The van der Waals surface area contributed by atoms with Crippen LogP contribution in [0.2, 0.25) is 10.0 Å². The molecule has 0 bridgehead atoms. The van der Waals surface area contributed by atoms with Crippen molar-refractivity contribution in [2.45, 2.75) is 19.4 Å². The Labute approximate surface area is 165 Å². The Morgan fingerprint density at radius 2 is 1.74 bits per heavy atom. The molecule has 2 aromatic heterocycles. The Kier molecular flexibility index (Phi) is 4.52. The van der Waals surface area contributed by atoms with Crippen LogP contribution in [0.4, 0.5) is 5.95 Å². The lowest BCUT2D eigenvalue weighted by Gasteiger charge is -2.18. The molecule has 0 atom stereocenters. The fraction of sp³-hybridized carbons (Fsp3) is 0.389. The molecule has 1 aliphatic rings. The number of halogens is 2. The first kappa shape index (κ1) is 18.1. The molecule has 3 aromatic rings. The van der Waals surface area contributed by atoms with E-state index >= 15 is 0 Å². The lowest BCUT2D eigenvalue weighted by atomic mass is 10.2. The van der Waals surface area contributed by atoms with Crippen molar-refractivity contribution in [3.05, 3.63) is 54.6 Å². The van der Waals surface area contributed by atoms with Crippen LogP contribution in [-0.4, -0.2) is 31.8 Å². The van der Waals surface area contributed by atoms with Gasteiger partial charge in [-0.25, -0.2) is 4.79 Å². The van der Waals surface area contributed by atoms with Gasteiger partial charge in [0.25, 0.3) is 5.56 Å². The van der Waals surface area contributed by atoms with Gasteiger partial charge in [0.1, 0.15) is 0 Å². The van der Waals surface area contributed by atoms with Crippen LogP contribution in [-0.2, 0) is 20.6 Å². The molecule has 0 amide bonds. The van der Waals surface area contributed by atoms with E-state index in [0.717, 1.165) is 36.1 Å². The first-order valence-corrected chi connectivity index (χ1v) is 9.49. The van der Waals surface area contributed by atoms with E-state index in [9.17, 15) is 9.59 Å². The van der Waals surface area contributed by atoms with Gasteiger partial charge < -0.3 is 4.90 Å². The highest BCUT2D eigenvalue weighted by atomic mass is 35.5. The minimum Gasteiger partial charge on any atom is -0.342 e. The highest BCUT2D eigenvalue weighted by Crippen LogP contribution is 2.27. The van der Waals surface area contributed by atoms with Crippen LogP contribution in [0.5, 0.6) is 0 Å². The largest absolute Gasteiger partial charge is 0.342 e. The summed E-state index contributed by atoms with van der Waals surface area (Å²) in [5, 5.41) is 0.940. The smallest absolute Gasteiger partial charge is 0.332 e. The summed E-state index contributed by atoms with van der Waals surface area (Å²) in [4.78, 5) is 32.0. The van der Waals surface area contributed by atoms with Gasteiger partial charge in [-0.1, -0.05) is 29.3 Å². The Hall–Kier alpha value is -2.25. The highest BCUT2D eigenvalue weighted by Gasteiger charge is 2.24. The van der Waals surface area contributed by atoms with Crippen LogP contribution < -0.4 is 16.1 Å². The van der Waals surface area contributed by atoms with Crippen LogP contribution >= 0.6 is 23.2 Å². The fourth-order valence-corrected chi connectivity index (χ4v) is 3.88. The molecule has 142 valence electrons. The van der Waals surface area contributed by atoms with Crippen molar-refractivity contribution in [1.82, 2.24) is 18.7 Å². The Morgan fingerprint density at radius 3 is 2.41 bits per heavy atom. The summed E-state index contributed by atoms with van der Waals surface area (Å²) >= 11 is 12.2. The average Bonchev–Trinajstić information content (AvgIpc) is 3.29. The number of hydrogen-bond acceptors (Lipinski definition) is 4. The summed E-state index contributed by atoms with van der Waals surface area (Å²) < 4.78 is 4.41. The van der Waals surface area contributed by atoms with Gasteiger partial charge in [0.05, 0.1) is 16.6 Å². The molecule has 1 aliphatic heterocycles. The van der Waals surface area contributed by atoms with Gasteiger partial charge in [-0.05, 0) is 30.5 Å². The predicted octanol–water partition coefficient (Wildman–Crippen LogP) is 2.39. The van der Waals surface area contributed by atoms with Crippen molar-refractivity contribution in [2.24, 2.45) is 14.1 Å². The molecule has 27 heavy (non-hydrogen) atoms. The quantitative estimate of drug-likeness (QED) is 0.668. The number of hydrogen-bond donors (Lipinski definition) is 0. The van der Waals surface area contributed by atoms with Crippen LogP contribution in [0.25, 0.3) is 11.2 Å². The summed E-state index contributed by atoms with van der Waals surface area (Å²) in [6.45, 7) is 2.16. The minimum atomic E-state index is -0.389. The SMILES string of the molecule is Cn1c(=O)c2c(nc(N3CCCC3)n2Cc2ccc(Cl)c(Cl)c2)n(C)c1=O. The predicted molar refractivity (Wildman–Crippen MR) is 107 cm³/mol. The number of aryl methyl sites for hydroxylation is 1. The maximum Gasteiger partial charge on any atom is 0.332 e. The zero-order chi connectivity index (χ0) is 19.3. The van der Waals surface area contributed by atoms with Gasteiger partial charge in [0, 0.05) is 27.2 Å². The summed E-state index contributed by atoms with van der Waals surface area (Å²) in [5.41, 5.74) is 0.962. The maximum atomic E-state index is 12.9. The van der Waals surface area contributed by atoms with E-state index in [1.54, 1.807) is 19.2 Å². The molecule has 0 radical (unpaired) electrons. The molecule has 0 unspecified atom stereocenters. The molecule has 3 heterocycles. The van der Waals surface area contributed by atoms with E-state index < -0.39 is 0 Å². The Morgan fingerprint density at radius 1 is 1.04 bits per heavy atom. The van der Waals surface area contributed by atoms with E-state index in [4.69, 9.17) is 23.2 Å². The van der Waals surface area contributed by atoms with Crippen LogP contribution in [0.1, 0.15) is 18.4 Å². The van der Waals surface area contributed by atoms with Crippen molar-refractivity contribution >= 4 is 40.3 Å². The van der Waals surface area contributed by atoms with Gasteiger partial charge in [-0.3, -0.25) is 18.5 Å². The molecule has 0 spiro atoms. The van der Waals surface area contributed by atoms with E-state index in [0.29, 0.717) is 33.7 Å². The Balaban J connectivity index is 1.98.